The van der Waals surface area contributed by atoms with E-state index in [4.69, 9.17) is 0 Å². The van der Waals surface area contributed by atoms with Gasteiger partial charge in [-0.1, -0.05) is 0 Å². The first kappa shape index (κ1) is 13.3. The summed E-state index contributed by atoms with van der Waals surface area (Å²) in [7, 11) is 1.86. The Balaban J connectivity index is 1.72. The first-order valence-electron chi connectivity index (χ1n) is 6.25. The third kappa shape index (κ3) is 3.90. The van der Waals surface area contributed by atoms with Crippen molar-refractivity contribution in [3.63, 3.8) is 0 Å². The van der Waals surface area contributed by atoms with Gasteiger partial charge < -0.3 is 5.32 Å². The van der Waals surface area contributed by atoms with Crippen LogP contribution in [0.1, 0.15) is 31.4 Å². The van der Waals surface area contributed by atoms with E-state index in [1.807, 2.05) is 20.2 Å². The lowest BCUT2D eigenvalue weighted by atomic mass is 10.2. The third-order valence-electron chi connectivity index (χ3n) is 2.86. The Kier molecular flexibility index (Phi) is 4.27. The number of aryl methyl sites for hydroxylation is 2. The zero-order valence-electron chi connectivity index (χ0n) is 11.2. The van der Waals surface area contributed by atoms with Crippen molar-refractivity contribution in [1.82, 2.24) is 29.9 Å². The summed E-state index contributed by atoms with van der Waals surface area (Å²) < 4.78 is 3.44. The Bertz CT molecular complexity index is 518. The molecule has 0 aliphatic carbocycles. The Hall–Kier alpha value is -2.18. The van der Waals surface area contributed by atoms with Crippen molar-refractivity contribution in [3.8, 4) is 0 Å². The van der Waals surface area contributed by atoms with Crippen LogP contribution >= 0.6 is 0 Å². The zero-order chi connectivity index (χ0) is 13.7. The largest absolute Gasteiger partial charge is 0.349 e. The normalized spacial score (nSPS) is 12.3. The molecule has 2 rings (SSSR count). The van der Waals surface area contributed by atoms with Crippen molar-refractivity contribution < 1.29 is 4.79 Å². The molecule has 0 aliphatic rings. The first-order chi connectivity index (χ1) is 9.15. The third-order valence-corrected chi connectivity index (χ3v) is 2.86. The minimum absolute atomic E-state index is 0.0208. The smallest absolute Gasteiger partial charge is 0.220 e. The van der Waals surface area contributed by atoms with E-state index in [0.29, 0.717) is 13.0 Å². The molecule has 0 fully saturated rings. The molecule has 0 saturated carbocycles. The molecule has 0 saturated heterocycles. The molecular formula is C12H18N6O. The molecule has 0 spiro atoms. The van der Waals surface area contributed by atoms with Gasteiger partial charge in [-0.05, 0) is 13.3 Å². The fourth-order valence-electron chi connectivity index (χ4n) is 1.81. The number of hydrogen-bond donors (Lipinski definition) is 1. The molecule has 0 radical (unpaired) electrons. The predicted molar refractivity (Wildman–Crippen MR) is 69.0 cm³/mol. The van der Waals surface area contributed by atoms with Crippen LogP contribution in [-0.4, -0.2) is 30.5 Å². The van der Waals surface area contributed by atoms with E-state index < -0.39 is 0 Å². The number of nitrogens with zero attached hydrogens (tertiary/aromatic N) is 5. The quantitative estimate of drug-likeness (QED) is 0.830. The number of carbonyl (C=O) groups is 1. The maximum absolute atomic E-state index is 11.8. The van der Waals surface area contributed by atoms with Gasteiger partial charge in [0.15, 0.2) is 0 Å². The molecule has 0 aliphatic heterocycles. The van der Waals surface area contributed by atoms with E-state index in [-0.39, 0.29) is 11.9 Å². The molecule has 2 aromatic heterocycles. The number of rotatable bonds is 6. The Morgan fingerprint density at radius 2 is 2.32 bits per heavy atom. The maximum atomic E-state index is 11.8. The molecule has 0 aromatic carbocycles. The van der Waals surface area contributed by atoms with Gasteiger partial charge in [0.25, 0.3) is 0 Å². The fourth-order valence-corrected chi connectivity index (χ4v) is 1.81. The second-order valence-corrected chi connectivity index (χ2v) is 4.50. The van der Waals surface area contributed by atoms with Crippen molar-refractivity contribution in [1.29, 1.82) is 0 Å². The van der Waals surface area contributed by atoms with Crippen molar-refractivity contribution in [2.45, 2.75) is 32.4 Å². The summed E-state index contributed by atoms with van der Waals surface area (Å²) in [4.78, 5) is 15.6. The summed E-state index contributed by atoms with van der Waals surface area (Å²) in [5.74, 6) is 0.0384. The molecule has 1 atom stereocenters. The van der Waals surface area contributed by atoms with E-state index in [2.05, 4.69) is 20.5 Å². The highest BCUT2D eigenvalue weighted by Crippen LogP contribution is 2.10. The molecule has 2 heterocycles. The summed E-state index contributed by atoms with van der Waals surface area (Å²) in [6.07, 6.45) is 8.03. The molecule has 0 bridgehead atoms. The maximum Gasteiger partial charge on any atom is 0.220 e. The van der Waals surface area contributed by atoms with Crippen molar-refractivity contribution >= 4 is 5.91 Å². The summed E-state index contributed by atoms with van der Waals surface area (Å²) >= 11 is 0. The molecule has 1 amide bonds. The van der Waals surface area contributed by atoms with Crippen LogP contribution in [0.5, 0.6) is 0 Å². The lowest BCUT2D eigenvalue weighted by Crippen LogP contribution is -2.26. The highest BCUT2D eigenvalue weighted by Gasteiger charge is 2.10. The fraction of sp³-hybridized carbons (Fsp3) is 0.500. The molecule has 7 nitrogen and oxygen atoms in total. The molecule has 2 aromatic rings. The van der Waals surface area contributed by atoms with Crippen LogP contribution in [0.3, 0.4) is 0 Å². The van der Waals surface area contributed by atoms with Gasteiger partial charge in [-0.25, -0.2) is 4.98 Å². The standard InChI is InChI=1S/C12H18N6O/c1-10(11-6-14-17(2)7-11)16-12(19)4-3-5-18-9-13-8-15-18/h6-10H,3-5H2,1-2H3,(H,16,19)/t10-/m0/s1. The van der Waals surface area contributed by atoms with Crippen LogP contribution in [0, 0.1) is 0 Å². The molecular weight excluding hydrogens is 244 g/mol. The van der Waals surface area contributed by atoms with Crippen molar-refractivity contribution in [3.05, 3.63) is 30.6 Å². The minimum Gasteiger partial charge on any atom is -0.349 e. The number of amides is 1. The highest BCUT2D eigenvalue weighted by atomic mass is 16.1. The lowest BCUT2D eigenvalue weighted by molar-refractivity contribution is -0.121. The summed E-state index contributed by atoms with van der Waals surface area (Å²) in [5, 5.41) is 11.0. The Morgan fingerprint density at radius 3 is 2.95 bits per heavy atom. The highest BCUT2D eigenvalue weighted by molar-refractivity contribution is 5.76. The van der Waals surface area contributed by atoms with Crippen LogP contribution < -0.4 is 5.32 Å². The number of hydrogen-bond acceptors (Lipinski definition) is 4. The van der Waals surface area contributed by atoms with E-state index in [1.165, 1.54) is 6.33 Å². The summed E-state index contributed by atoms with van der Waals surface area (Å²) in [6, 6.07) is -0.0208. The predicted octanol–water partition coefficient (Wildman–Crippen LogP) is 0.669. The van der Waals surface area contributed by atoms with E-state index >= 15 is 0 Å². The second-order valence-electron chi connectivity index (χ2n) is 4.50. The van der Waals surface area contributed by atoms with Gasteiger partial charge in [0, 0.05) is 31.8 Å². The average molecular weight is 262 g/mol. The Labute approximate surface area is 111 Å². The van der Waals surface area contributed by atoms with Gasteiger partial charge in [0.2, 0.25) is 5.91 Å². The van der Waals surface area contributed by atoms with Gasteiger partial charge in [0.05, 0.1) is 12.2 Å². The molecule has 102 valence electrons. The second kappa shape index (κ2) is 6.12. The van der Waals surface area contributed by atoms with Crippen LogP contribution in [0.15, 0.2) is 25.0 Å². The van der Waals surface area contributed by atoms with Gasteiger partial charge in [-0.2, -0.15) is 10.2 Å². The molecule has 1 N–H and O–H groups in total. The van der Waals surface area contributed by atoms with Crippen LogP contribution in [0.25, 0.3) is 0 Å². The van der Waals surface area contributed by atoms with Crippen LogP contribution in [0.4, 0.5) is 0 Å². The van der Waals surface area contributed by atoms with Crippen molar-refractivity contribution in [2.24, 2.45) is 7.05 Å². The van der Waals surface area contributed by atoms with E-state index in [9.17, 15) is 4.79 Å². The SMILES string of the molecule is C[C@H](NC(=O)CCCn1cncn1)c1cnn(C)c1. The lowest BCUT2D eigenvalue weighted by Gasteiger charge is -2.11. The van der Waals surface area contributed by atoms with Gasteiger partial charge in [-0.3, -0.25) is 14.2 Å². The van der Waals surface area contributed by atoms with E-state index in [0.717, 1.165) is 12.0 Å². The van der Waals surface area contributed by atoms with Gasteiger partial charge >= 0.3 is 0 Å². The van der Waals surface area contributed by atoms with Gasteiger partial charge in [0.1, 0.15) is 12.7 Å². The van der Waals surface area contributed by atoms with Crippen LogP contribution in [0.2, 0.25) is 0 Å². The van der Waals surface area contributed by atoms with Gasteiger partial charge in [-0.15, -0.1) is 0 Å². The number of aromatic nitrogens is 5. The summed E-state index contributed by atoms with van der Waals surface area (Å²) in [6.45, 7) is 2.65. The average Bonchev–Trinajstić information content (AvgIpc) is 3.00. The first-order valence-corrected chi connectivity index (χ1v) is 6.25. The Morgan fingerprint density at radius 1 is 1.47 bits per heavy atom. The molecule has 0 unspecified atom stereocenters. The van der Waals surface area contributed by atoms with Crippen LogP contribution in [-0.2, 0) is 18.4 Å². The monoisotopic (exact) mass is 262 g/mol. The van der Waals surface area contributed by atoms with Crippen molar-refractivity contribution in [2.75, 3.05) is 0 Å². The van der Waals surface area contributed by atoms with E-state index in [1.54, 1.807) is 21.9 Å². The molecule has 19 heavy (non-hydrogen) atoms. The number of carbonyl (C=O) groups excluding carboxylic acids is 1. The zero-order valence-corrected chi connectivity index (χ0v) is 11.2. The number of nitrogens with one attached hydrogen (secondary N) is 1. The molecule has 7 heteroatoms. The minimum atomic E-state index is -0.0208. The topological polar surface area (TPSA) is 77.6 Å². The summed E-state index contributed by atoms with van der Waals surface area (Å²) in [5.41, 5.74) is 1.01.